The number of carboxylic acids is 1. The van der Waals surface area contributed by atoms with Crippen LogP contribution in [0.2, 0.25) is 0 Å². The summed E-state index contributed by atoms with van der Waals surface area (Å²) in [5, 5.41) is 11.0. The molecular weight excluding hydrogens is 518 g/mol. The molecule has 1 aliphatic carbocycles. The highest BCUT2D eigenvalue weighted by atomic mass is 32.1. The number of hydrogen-bond donors (Lipinski definition) is 1. The Bertz CT molecular complexity index is 1560. The van der Waals surface area contributed by atoms with Crippen LogP contribution in [0, 0.1) is 6.92 Å². The van der Waals surface area contributed by atoms with Crippen LogP contribution in [0.25, 0.3) is 21.3 Å². The lowest BCUT2D eigenvalue weighted by molar-refractivity contribution is -0.160. The second kappa shape index (κ2) is 11.7. The summed E-state index contributed by atoms with van der Waals surface area (Å²) < 4.78 is 7.82. The van der Waals surface area contributed by atoms with Gasteiger partial charge in [-0.25, -0.2) is 4.79 Å². The number of pyridine rings is 1. The number of rotatable bonds is 9. The van der Waals surface area contributed by atoms with Gasteiger partial charge >= 0.3 is 5.97 Å². The zero-order valence-electron chi connectivity index (χ0n) is 24.0. The van der Waals surface area contributed by atoms with Crippen molar-refractivity contribution in [2.45, 2.75) is 90.9 Å². The predicted molar refractivity (Wildman–Crippen MR) is 164 cm³/mol. The highest BCUT2D eigenvalue weighted by Crippen LogP contribution is 2.42. The van der Waals surface area contributed by atoms with Crippen molar-refractivity contribution < 1.29 is 14.6 Å². The fourth-order valence-electron chi connectivity index (χ4n) is 5.82. The van der Waals surface area contributed by atoms with E-state index in [1.807, 2.05) is 43.5 Å². The molecule has 6 heteroatoms. The van der Waals surface area contributed by atoms with Gasteiger partial charge in [-0.2, -0.15) is 0 Å². The molecule has 0 amide bonds. The number of hydrogen-bond acceptors (Lipinski definition) is 4. The fraction of sp³-hybridized carbons (Fsp3) is 0.412. The van der Waals surface area contributed by atoms with E-state index in [1.54, 1.807) is 11.3 Å². The Kier molecular flexibility index (Phi) is 8.29. The van der Waals surface area contributed by atoms with Crippen LogP contribution in [0.1, 0.15) is 73.6 Å². The molecule has 210 valence electrons. The molecule has 2 aromatic heterocycles. The maximum absolute atomic E-state index is 14.4. The predicted octanol–water partition coefficient (Wildman–Crippen LogP) is 7.56. The van der Waals surface area contributed by atoms with Crippen LogP contribution in [-0.2, 0) is 35.3 Å². The van der Waals surface area contributed by atoms with Crippen molar-refractivity contribution in [3.05, 3.63) is 92.1 Å². The van der Waals surface area contributed by atoms with Crippen LogP contribution < -0.4 is 5.56 Å². The summed E-state index contributed by atoms with van der Waals surface area (Å²) in [5.74, 6) is -0.961. The molecule has 1 atom stereocenters. The first-order valence-corrected chi connectivity index (χ1v) is 15.2. The van der Waals surface area contributed by atoms with Gasteiger partial charge in [-0.05, 0) is 89.3 Å². The summed E-state index contributed by atoms with van der Waals surface area (Å²) >= 11 is 1.78. The van der Waals surface area contributed by atoms with Crippen LogP contribution >= 0.6 is 11.3 Å². The van der Waals surface area contributed by atoms with E-state index in [0.717, 1.165) is 46.3 Å². The summed E-state index contributed by atoms with van der Waals surface area (Å²) in [6.07, 6.45) is 4.89. The van der Waals surface area contributed by atoms with Crippen molar-refractivity contribution in [1.82, 2.24) is 4.57 Å². The smallest absolute Gasteiger partial charge is 0.332 e. The molecular formula is C34H39NO4S. The Labute approximate surface area is 240 Å². The van der Waals surface area contributed by atoms with E-state index < -0.39 is 17.7 Å². The molecule has 0 spiro atoms. The summed E-state index contributed by atoms with van der Waals surface area (Å²) in [5.41, 5.74) is 5.99. The second-order valence-electron chi connectivity index (χ2n) is 11.9. The van der Waals surface area contributed by atoms with Gasteiger partial charge in [-0.3, -0.25) is 9.36 Å². The lowest BCUT2D eigenvalue weighted by Gasteiger charge is -2.25. The first kappa shape index (κ1) is 28.3. The van der Waals surface area contributed by atoms with E-state index in [9.17, 15) is 14.7 Å². The molecule has 1 N–H and O–H groups in total. The zero-order valence-corrected chi connectivity index (χ0v) is 24.8. The van der Waals surface area contributed by atoms with E-state index in [4.69, 9.17) is 4.74 Å². The van der Waals surface area contributed by atoms with Crippen molar-refractivity contribution in [3.8, 4) is 11.1 Å². The average Bonchev–Trinajstić information content (AvgIpc) is 3.30. The van der Waals surface area contributed by atoms with Crippen LogP contribution in [0.3, 0.4) is 0 Å². The lowest BCUT2D eigenvalue weighted by atomic mass is 9.89. The topological polar surface area (TPSA) is 68.5 Å². The minimum Gasteiger partial charge on any atom is -0.479 e. The molecule has 0 fully saturated rings. The number of benzene rings is 2. The number of fused-ring (bicyclic) bond motifs is 3. The normalized spacial score (nSPS) is 14.3. The molecule has 1 aliphatic rings. The molecule has 2 aromatic carbocycles. The molecule has 0 saturated heterocycles. The second-order valence-corrected chi connectivity index (χ2v) is 13.0. The summed E-state index contributed by atoms with van der Waals surface area (Å²) in [6, 6.07) is 18.6. The molecule has 0 bridgehead atoms. The molecule has 1 unspecified atom stereocenters. The van der Waals surface area contributed by atoms with E-state index in [0.29, 0.717) is 25.8 Å². The maximum atomic E-state index is 14.4. The number of aromatic nitrogens is 1. The Morgan fingerprint density at radius 1 is 1.05 bits per heavy atom. The van der Waals surface area contributed by atoms with Gasteiger partial charge in [0.05, 0.1) is 12.1 Å². The number of nitrogens with zero attached hydrogens (tertiary/aromatic N) is 1. The number of aryl methyl sites for hydroxylation is 3. The third kappa shape index (κ3) is 6.08. The maximum Gasteiger partial charge on any atom is 0.332 e. The van der Waals surface area contributed by atoms with Crippen molar-refractivity contribution in [3.63, 3.8) is 0 Å². The monoisotopic (exact) mass is 557 g/mol. The van der Waals surface area contributed by atoms with E-state index >= 15 is 0 Å². The van der Waals surface area contributed by atoms with Gasteiger partial charge in [0.15, 0.2) is 6.10 Å². The lowest BCUT2D eigenvalue weighted by Crippen LogP contribution is -2.33. The third-order valence-corrected chi connectivity index (χ3v) is 8.96. The quantitative estimate of drug-likeness (QED) is 0.231. The summed E-state index contributed by atoms with van der Waals surface area (Å²) in [7, 11) is 0. The number of thiophene rings is 1. The minimum atomic E-state index is -0.961. The fourth-order valence-corrected chi connectivity index (χ4v) is 7.21. The highest BCUT2D eigenvalue weighted by molar-refractivity contribution is 7.19. The van der Waals surface area contributed by atoms with Crippen LogP contribution in [-0.4, -0.2) is 27.3 Å². The van der Waals surface area contributed by atoms with E-state index in [2.05, 4.69) is 43.3 Å². The van der Waals surface area contributed by atoms with Crippen LogP contribution in [0.15, 0.2) is 59.4 Å². The van der Waals surface area contributed by atoms with Crippen LogP contribution in [0.4, 0.5) is 0 Å². The van der Waals surface area contributed by atoms with Crippen molar-refractivity contribution in [1.29, 1.82) is 0 Å². The van der Waals surface area contributed by atoms with Gasteiger partial charge in [0.2, 0.25) is 0 Å². The van der Waals surface area contributed by atoms with Crippen molar-refractivity contribution in [2.24, 2.45) is 0 Å². The number of ether oxygens (including phenoxy) is 1. The summed E-state index contributed by atoms with van der Waals surface area (Å²) in [6.45, 7) is 8.20. The highest BCUT2D eigenvalue weighted by Gasteiger charge is 2.28. The Balaban J connectivity index is 1.67. The third-order valence-electron chi connectivity index (χ3n) is 7.64. The molecule has 0 radical (unpaired) electrons. The Morgan fingerprint density at radius 3 is 2.42 bits per heavy atom. The average molecular weight is 558 g/mol. The van der Waals surface area contributed by atoms with Crippen LogP contribution in [0.5, 0.6) is 0 Å². The van der Waals surface area contributed by atoms with Gasteiger partial charge in [-0.15, -0.1) is 11.3 Å². The molecule has 5 nitrogen and oxygen atoms in total. The van der Waals surface area contributed by atoms with Gasteiger partial charge in [0, 0.05) is 21.4 Å². The first-order valence-electron chi connectivity index (χ1n) is 14.3. The van der Waals surface area contributed by atoms with Gasteiger partial charge in [-0.1, -0.05) is 60.2 Å². The largest absolute Gasteiger partial charge is 0.479 e. The van der Waals surface area contributed by atoms with Crippen molar-refractivity contribution in [2.75, 3.05) is 0 Å². The van der Waals surface area contributed by atoms with Gasteiger partial charge in [0.25, 0.3) is 5.56 Å². The zero-order chi connectivity index (χ0) is 28.4. The molecule has 0 aliphatic heterocycles. The molecule has 0 saturated carbocycles. The molecule has 4 aromatic rings. The minimum absolute atomic E-state index is 0.0224. The number of aliphatic carboxylic acids is 1. The van der Waals surface area contributed by atoms with E-state index in [1.165, 1.54) is 27.8 Å². The van der Waals surface area contributed by atoms with Crippen molar-refractivity contribution >= 4 is 27.5 Å². The van der Waals surface area contributed by atoms with E-state index in [-0.39, 0.29) is 5.56 Å². The first-order chi connectivity index (χ1) is 19.1. The standard InChI is InChI=1S/C34H39NO4S/c1-22-17-19-24(20-18-22)29-26(14-10-15-27(33(37)38)39-34(2,3)4)31(36)35(21-23-11-6-5-7-12-23)32-30(29)25-13-8-9-16-28(25)40-32/h5-7,11-12,17-20,27H,8-10,13-16,21H2,1-4H3,(H,37,38). The molecule has 40 heavy (non-hydrogen) atoms. The molecule has 5 rings (SSSR count). The summed E-state index contributed by atoms with van der Waals surface area (Å²) in [4.78, 5) is 28.9. The number of carbonyl (C=O) groups is 1. The molecule has 2 heterocycles. The van der Waals surface area contributed by atoms with Gasteiger partial charge < -0.3 is 9.84 Å². The Morgan fingerprint density at radius 2 is 1.75 bits per heavy atom. The Hall–Kier alpha value is -3.22. The number of carboxylic acid groups (broad SMARTS) is 1. The van der Waals surface area contributed by atoms with Gasteiger partial charge in [0.1, 0.15) is 4.83 Å². The SMILES string of the molecule is Cc1ccc(-c2c(CCCC(OC(C)(C)C)C(=O)O)c(=O)n(Cc3ccccc3)c3sc4c(c23)CCCC4)cc1.